The van der Waals surface area contributed by atoms with E-state index in [1.165, 1.54) is 5.56 Å². The monoisotopic (exact) mass is 402 g/mol. The molecule has 30 heavy (non-hydrogen) atoms. The molecule has 0 spiro atoms. The highest BCUT2D eigenvalue weighted by atomic mass is 16.1. The zero-order chi connectivity index (χ0) is 21.3. The fourth-order valence-corrected chi connectivity index (χ4v) is 3.72. The van der Waals surface area contributed by atoms with Crippen LogP contribution in [0.4, 0.5) is 17.5 Å². The molecular formula is C23H26N6O. The minimum Gasteiger partial charge on any atom is -0.396 e. The van der Waals surface area contributed by atoms with Gasteiger partial charge in [0.2, 0.25) is 5.95 Å². The van der Waals surface area contributed by atoms with E-state index in [1.54, 1.807) is 18.3 Å². The number of fused-ring (bicyclic) bond motifs is 1. The van der Waals surface area contributed by atoms with Crippen LogP contribution in [0.2, 0.25) is 0 Å². The predicted octanol–water partition coefficient (Wildman–Crippen LogP) is 3.15. The van der Waals surface area contributed by atoms with Crippen LogP contribution in [0, 0.1) is 0 Å². The average molecular weight is 403 g/mol. The molecular weight excluding hydrogens is 376 g/mol. The van der Waals surface area contributed by atoms with E-state index in [0.717, 1.165) is 23.2 Å². The number of ketones is 1. The molecule has 3 aromatic rings. The van der Waals surface area contributed by atoms with Gasteiger partial charge in [-0.2, -0.15) is 0 Å². The van der Waals surface area contributed by atoms with Crippen LogP contribution in [0.5, 0.6) is 0 Å². The van der Waals surface area contributed by atoms with E-state index in [1.807, 2.05) is 12.1 Å². The van der Waals surface area contributed by atoms with Crippen molar-refractivity contribution in [3.8, 4) is 0 Å². The summed E-state index contributed by atoms with van der Waals surface area (Å²) in [6.07, 6.45) is 2.78. The maximum absolute atomic E-state index is 12.9. The van der Waals surface area contributed by atoms with Gasteiger partial charge in [-0.05, 0) is 29.2 Å². The molecule has 0 amide bonds. The van der Waals surface area contributed by atoms with Gasteiger partial charge in [0.1, 0.15) is 5.69 Å². The van der Waals surface area contributed by atoms with E-state index >= 15 is 0 Å². The van der Waals surface area contributed by atoms with E-state index in [2.05, 4.69) is 45.8 Å². The van der Waals surface area contributed by atoms with Crippen molar-refractivity contribution < 1.29 is 4.79 Å². The van der Waals surface area contributed by atoms with Crippen LogP contribution in [-0.2, 0) is 19.4 Å². The van der Waals surface area contributed by atoms with E-state index in [4.69, 9.17) is 11.5 Å². The molecule has 7 heteroatoms. The average Bonchev–Trinajstić information content (AvgIpc) is 2.74. The Morgan fingerprint density at radius 1 is 1.17 bits per heavy atom. The van der Waals surface area contributed by atoms with Gasteiger partial charge < -0.3 is 16.4 Å². The second kappa shape index (κ2) is 8.10. The number of pyridine rings is 1. The number of aromatic nitrogens is 3. The lowest BCUT2D eigenvalue weighted by atomic mass is 9.98. The fraction of sp³-hybridized carbons (Fsp3) is 0.304. The van der Waals surface area contributed by atoms with Crippen molar-refractivity contribution in [3.63, 3.8) is 0 Å². The molecule has 1 aliphatic heterocycles. The summed E-state index contributed by atoms with van der Waals surface area (Å²) in [7, 11) is 0. The summed E-state index contributed by atoms with van der Waals surface area (Å²) in [5.74, 6) is 1.31. The van der Waals surface area contributed by atoms with Gasteiger partial charge in [0.05, 0.1) is 11.4 Å². The van der Waals surface area contributed by atoms with Crippen LogP contribution in [0.3, 0.4) is 0 Å². The van der Waals surface area contributed by atoms with Gasteiger partial charge >= 0.3 is 0 Å². The molecule has 0 saturated heterocycles. The number of nitrogens with two attached hydrogens (primary N) is 2. The van der Waals surface area contributed by atoms with Crippen molar-refractivity contribution >= 4 is 23.2 Å². The van der Waals surface area contributed by atoms with Crippen molar-refractivity contribution in [2.45, 2.75) is 39.2 Å². The second-order valence-electron chi connectivity index (χ2n) is 7.98. The van der Waals surface area contributed by atoms with Crippen molar-refractivity contribution in [2.24, 2.45) is 0 Å². The smallest absolute Gasteiger partial charge is 0.220 e. The Balaban J connectivity index is 1.55. The normalized spacial score (nSPS) is 13.4. The summed E-state index contributed by atoms with van der Waals surface area (Å²) in [6, 6.07) is 11.6. The molecule has 0 saturated carbocycles. The lowest BCUT2D eigenvalue weighted by Gasteiger charge is -2.30. The Bertz CT molecular complexity index is 1090. The molecule has 4 rings (SSSR count). The second-order valence-corrected chi connectivity index (χ2v) is 7.98. The number of hydrogen-bond donors (Lipinski definition) is 2. The molecule has 1 aliphatic rings. The first-order valence-electron chi connectivity index (χ1n) is 10.1. The lowest BCUT2D eigenvalue weighted by molar-refractivity contribution is 0.0988. The zero-order valence-corrected chi connectivity index (χ0v) is 17.3. The van der Waals surface area contributed by atoms with Crippen LogP contribution in [0.25, 0.3) is 0 Å². The largest absolute Gasteiger partial charge is 0.396 e. The maximum atomic E-state index is 12.9. The van der Waals surface area contributed by atoms with E-state index < -0.39 is 0 Å². The van der Waals surface area contributed by atoms with Gasteiger partial charge in [-0.25, -0.2) is 15.0 Å². The summed E-state index contributed by atoms with van der Waals surface area (Å²) in [5, 5.41) is 0. The molecule has 0 aliphatic carbocycles. The summed E-state index contributed by atoms with van der Waals surface area (Å²) >= 11 is 0. The number of rotatable bonds is 5. The molecule has 0 atom stereocenters. The minimum atomic E-state index is -0.0225. The van der Waals surface area contributed by atoms with Gasteiger partial charge in [-0.3, -0.25) is 4.79 Å². The molecule has 4 N–H and O–H groups in total. The van der Waals surface area contributed by atoms with Crippen molar-refractivity contribution in [2.75, 3.05) is 22.9 Å². The highest BCUT2D eigenvalue weighted by Crippen LogP contribution is 2.27. The number of benzene rings is 1. The number of nitrogens with zero attached hydrogens (tertiary/aromatic N) is 4. The SMILES string of the molecule is CC(C)c1cccc(CC(=O)c2ccc(N)c(N3CCc4nc(N)ncc4C3)n2)c1. The van der Waals surface area contributed by atoms with E-state index in [9.17, 15) is 4.79 Å². The Labute approximate surface area is 176 Å². The summed E-state index contributed by atoms with van der Waals surface area (Å²) in [6.45, 7) is 5.57. The first kappa shape index (κ1) is 19.8. The third-order valence-electron chi connectivity index (χ3n) is 5.43. The van der Waals surface area contributed by atoms with Gasteiger partial charge in [-0.1, -0.05) is 38.1 Å². The molecule has 0 fully saturated rings. The number of Topliss-reactive ketones (excluding diaryl/α,β-unsaturated/α-hetero) is 1. The molecule has 0 unspecified atom stereocenters. The van der Waals surface area contributed by atoms with Gasteiger partial charge in [0, 0.05) is 37.7 Å². The number of carbonyl (C=O) groups excluding carboxylic acids is 1. The van der Waals surface area contributed by atoms with Crippen molar-refractivity contribution in [1.82, 2.24) is 15.0 Å². The quantitative estimate of drug-likeness (QED) is 0.631. The Morgan fingerprint density at radius 2 is 2.00 bits per heavy atom. The third-order valence-corrected chi connectivity index (χ3v) is 5.43. The van der Waals surface area contributed by atoms with Gasteiger partial charge in [0.25, 0.3) is 0 Å². The highest BCUT2D eigenvalue weighted by molar-refractivity contribution is 5.96. The van der Waals surface area contributed by atoms with Crippen LogP contribution >= 0.6 is 0 Å². The van der Waals surface area contributed by atoms with Crippen molar-refractivity contribution in [1.29, 1.82) is 0 Å². The van der Waals surface area contributed by atoms with Crippen LogP contribution in [0.1, 0.15) is 52.6 Å². The number of anilines is 3. The van der Waals surface area contributed by atoms with Gasteiger partial charge in [0.15, 0.2) is 11.6 Å². The number of hydrogen-bond acceptors (Lipinski definition) is 7. The number of nitrogen functional groups attached to an aromatic ring is 2. The summed E-state index contributed by atoms with van der Waals surface area (Å²) in [4.78, 5) is 28.0. The van der Waals surface area contributed by atoms with Crippen LogP contribution < -0.4 is 16.4 Å². The molecule has 154 valence electrons. The molecule has 1 aromatic carbocycles. The van der Waals surface area contributed by atoms with E-state index in [-0.39, 0.29) is 11.7 Å². The summed E-state index contributed by atoms with van der Waals surface area (Å²) in [5.41, 5.74) is 17.0. The Kier molecular flexibility index (Phi) is 5.35. The zero-order valence-electron chi connectivity index (χ0n) is 17.3. The highest BCUT2D eigenvalue weighted by Gasteiger charge is 2.22. The molecule has 0 bridgehead atoms. The van der Waals surface area contributed by atoms with Crippen LogP contribution in [-0.4, -0.2) is 27.3 Å². The third kappa shape index (κ3) is 4.10. The number of carbonyl (C=O) groups is 1. The lowest BCUT2D eigenvalue weighted by Crippen LogP contribution is -2.33. The first-order valence-corrected chi connectivity index (χ1v) is 10.1. The molecule has 2 aromatic heterocycles. The minimum absolute atomic E-state index is 0.0225. The molecule has 7 nitrogen and oxygen atoms in total. The topological polar surface area (TPSA) is 111 Å². The fourth-order valence-electron chi connectivity index (χ4n) is 3.72. The van der Waals surface area contributed by atoms with Crippen molar-refractivity contribution in [3.05, 3.63) is 70.7 Å². The predicted molar refractivity (Wildman–Crippen MR) is 118 cm³/mol. The van der Waals surface area contributed by atoms with Crippen LogP contribution in [0.15, 0.2) is 42.6 Å². The Hall–Kier alpha value is -3.48. The molecule has 0 radical (unpaired) electrons. The van der Waals surface area contributed by atoms with Gasteiger partial charge in [-0.15, -0.1) is 0 Å². The standard InChI is InChI=1S/C23H26N6O/c1-14(2)16-5-3-4-15(10-16)11-21(30)20-7-6-18(24)22(27-20)29-9-8-19-17(13-29)12-26-23(25)28-19/h3-7,10,12,14H,8-9,11,13,24H2,1-2H3,(H2,25,26,28). The summed E-state index contributed by atoms with van der Waals surface area (Å²) < 4.78 is 0. The molecule has 3 heterocycles. The van der Waals surface area contributed by atoms with E-state index in [0.29, 0.717) is 42.6 Å². The first-order chi connectivity index (χ1) is 14.4. The maximum Gasteiger partial charge on any atom is 0.220 e. The Morgan fingerprint density at radius 3 is 2.80 bits per heavy atom.